The summed E-state index contributed by atoms with van der Waals surface area (Å²) >= 11 is 0. The molecule has 1 heterocycles. The summed E-state index contributed by atoms with van der Waals surface area (Å²) < 4.78 is 2.47. The van der Waals surface area contributed by atoms with Crippen molar-refractivity contribution in [1.29, 1.82) is 0 Å². The molecule has 2 heteroatoms. The molecule has 0 aliphatic carbocycles. The molecule has 11 rings (SSSR count). The lowest BCUT2D eigenvalue weighted by Crippen LogP contribution is -2.13. The average molecular weight is 739 g/mol. The molecular formula is C56H38N2. The number of anilines is 3. The van der Waals surface area contributed by atoms with Crippen LogP contribution in [0.1, 0.15) is 0 Å². The standard InChI is InChI=1S/C56H38N2/c1-2-19-41(20-3-1)45-25-8-12-30-50(45)57(51-31-13-9-26-46(51)43-37-36-39-18-4-5-22-42(39)38-43)54-34-17-35-55-56(54)49-28-11-15-33-53(49)58(55)52-32-14-10-27-48(52)47-29-16-23-40-21-6-7-24-44(40)47/h1-38H. The zero-order chi connectivity index (χ0) is 38.4. The number of benzene rings is 10. The van der Waals surface area contributed by atoms with Crippen LogP contribution in [0.3, 0.4) is 0 Å². The van der Waals surface area contributed by atoms with Crippen molar-refractivity contribution in [3.8, 4) is 39.1 Å². The SMILES string of the molecule is c1ccc(-c2ccccc2N(c2ccccc2-c2ccc3ccccc3c2)c2cccc3c2c2ccccc2n3-c2ccccc2-c2cccc3ccccc23)cc1. The molecule has 58 heavy (non-hydrogen) atoms. The van der Waals surface area contributed by atoms with Crippen LogP contribution in [0.25, 0.3) is 82.4 Å². The molecule has 11 aromatic rings. The van der Waals surface area contributed by atoms with Gasteiger partial charge in [-0.2, -0.15) is 0 Å². The second-order valence-corrected chi connectivity index (χ2v) is 14.9. The van der Waals surface area contributed by atoms with Crippen molar-refractivity contribution in [2.24, 2.45) is 0 Å². The van der Waals surface area contributed by atoms with Crippen molar-refractivity contribution < 1.29 is 0 Å². The molecule has 0 N–H and O–H groups in total. The van der Waals surface area contributed by atoms with Gasteiger partial charge >= 0.3 is 0 Å². The lowest BCUT2D eigenvalue weighted by Gasteiger charge is -2.30. The predicted molar refractivity (Wildman–Crippen MR) is 247 cm³/mol. The van der Waals surface area contributed by atoms with E-state index in [0.717, 1.165) is 39.3 Å². The largest absolute Gasteiger partial charge is 0.309 e. The molecule has 0 spiro atoms. The Bertz CT molecular complexity index is 3300. The smallest absolute Gasteiger partial charge is 0.0562 e. The zero-order valence-corrected chi connectivity index (χ0v) is 31.8. The molecular weight excluding hydrogens is 701 g/mol. The molecule has 1 aromatic heterocycles. The lowest BCUT2D eigenvalue weighted by atomic mass is 9.96. The maximum atomic E-state index is 2.50. The number of hydrogen-bond acceptors (Lipinski definition) is 1. The fourth-order valence-electron chi connectivity index (χ4n) is 8.99. The summed E-state index contributed by atoms with van der Waals surface area (Å²) in [6.07, 6.45) is 0. The van der Waals surface area contributed by atoms with Gasteiger partial charge in [-0.25, -0.2) is 0 Å². The van der Waals surface area contributed by atoms with E-state index >= 15 is 0 Å². The van der Waals surface area contributed by atoms with Crippen LogP contribution in [0, 0.1) is 0 Å². The summed E-state index contributed by atoms with van der Waals surface area (Å²) in [5.41, 5.74) is 13.9. The second kappa shape index (κ2) is 14.1. The maximum Gasteiger partial charge on any atom is 0.0562 e. The van der Waals surface area contributed by atoms with Crippen LogP contribution in [0.5, 0.6) is 0 Å². The van der Waals surface area contributed by atoms with Gasteiger partial charge in [0.05, 0.1) is 33.8 Å². The Morgan fingerprint density at radius 3 is 1.64 bits per heavy atom. The van der Waals surface area contributed by atoms with Crippen LogP contribution in [-0.2, 0) is 0 Å². The van der Waals surface area contributed by atoms with E-state index in [2.05, 4.69) is 240 Å². The van der Waals surface area contributed by atoms with E-state index in [1.165, 1.54) is 60.1 Å². The Balaban J connectivity index is 1.22. The minimum Gasteiger partial charge on any atom is -0.309 e. The summed E-state index contributed by atoms with van der Waals surface area (Å²) in [4.78, 5) is 2.50. The lowest BCUT2D eigenvalue weighted by molar-refractivity contribution is 1.18. The third-order valence-corrected chi connectivity index (χ3v) is 11.6. The Morgan fingerprint density at radius 1 is 0.293 bits per heavy atom. The van der Waals surface area contributed by atoms with Gasteiger partial charge in [0.2, 0.25) is 0 Å². The molecule has 0 radical (unpaired) electrons. The Morgan fingerprint density at radius 2 is 0.828 bits per heavy atom. The summed E-state index contributed by atoms with van der Waals surface area (Å²) in [6.45, 7) is 0. The maximum absolute atomic E-state index is 2.50. The summed E-state index contributed by atoms with van der Waals surface area (Å²) in [5.74, 6) is 0. The van der Waals surface area contributed by atoms with Gasteiger partial charge in [-0.1, -0.05) is 188 Å². The van der Waals surface area contributed by atoms with Crippen LogP contribution < -0.4 is 4.90 Å². The van der Waals surface area contributed by atoms with E-state index in [1.54, 1.807) is 0 Å². The monoisotopic (exact) mass is 738 g/mol. The van der Waals surface area contributed by atoms with E-state index in [-0.39, 0.29) is 0 Å². The molecule has 0 aliphatic rings. The number of nitrogens with zero attached hydrogens (tertiary/aromatic N) is 2. The van der Waals surface area contributed by atoms with Crippen LogP contribution in [-0.4, -0.2) is 4.57 Å². The fourth-order valence-corrected chi connectivity index (χ4v) is 8.99. The predicted octanol–water partition coefficient (Wildman–Crippen LogP) is 15.6. The quantitative estimate of drug-likeness (QED) is 0.158. The van der Waals surface area contributed by atoms with Crippen molar-refractivity contribution >= 4 is 60.4 Å². The third-order valence-electron chi connectivity index (χ3n) is 11.6. The number of aromatic nitrogens is 1. The molecule has 0 saturated carbocycles. The van der Waals surface area contributed by atoms with Crippen LogP contribution in [0.15, 0.2) is 231 Å². The van der Waals surface area contributed by atoms with Gasteiger partial charge in [0, 0.05) is 27.5 Å². The van der Waals surface area contributed by atoms with E-state index in [0.29, 0.717) is 0 Å². The first-order valence-corrected chi connectivity index (χ1v) is 19.9. The Labute approximate surface area is 338 Å². The molecule has 0 aliphatic heterocycles. The highest BCUT2D eigenvalue weighted by atomic mass is 15.2. The first-order chi connectivity index (χ1) is 28.8. The minimum atomic E-state index is 1.11. The molecule has 272 valence electrons. The zero-order valence-electron chi connectivity index (χ0n) is 31.8. The molecule has 0 saturated heterocycles. The van der Waals surface area contributed by atoms with Crippen molar-refractivity contribution in [1.82, 2.24) is 4.57 Å². The van der Waals surface area contributed by atoms with E-state index in [1.807, 2.05) is 0 Å². The van der Waals surface area contributed by atoms with Crippen LogP contribution in [0.4, 0.5) is 17.1 Å². The fraction of sp³-hybridized carbons (Fsp3) is 0. The topological polar surface area (TPSA) is 8.17 Å². The Hall–Kier alpha value is -7.68. The molecule has 0 fully saturated rings. The molecule has 0 amide bonds. The highest BCUT2D eigenvalue weighted by molar-refractivity contribution is 6.18. The van der Waals surface area contributed by atoms with Gasteiger partial charge < -0.3 is 9.47 Å². The number of para-hydroxylation sites is 4. The average Bonchev–Trinajstić information content (AvgIpc) is 3.64. The van der Waals surface area contributed by atoms with Gasteiger partial charge in [0.15, 0.2) is 0 Å². The number of hydrogen-bond donors (Lipinski definition) is 0. The normalized spacial score (nSPS) is 11.4. The summed E-state index contributed by atoms with van der Waals surface area (Å²) in [6, 6.07) is 83.8. The van der Waals surface area contributed by atoms with Crippen LogP contribution >= 0.6 is 0 Å². The van der Waals surface area contributed by atoms with E-state index in [4.69, 9.17) is 0 Å². The number of rotatable bonds is 7. The molecule has 2 nitrogen and oxygen atoms in total. The van der Waals surface area contributed by atoms with Gasteiger partial charge in [-0.05, 0) is 80.7 Å². The number of fused-ring (bicyclic) bond motifs is 5. The van der Waals surface area contributed by atoms with Crippen LogP contribution in [0.2, 0.25) is 0 Å². The van der Waals surface area contributed by atoms with Gasteiger partial charge in [-0.3, -0.25) is 0 Å². The highest BCUT2D eigenvalue weighted by Crippen LogP contribution is 2.49. The first-order valence-electron chi connectivity index (χ1n) is 19.9. The molecule has 0 atom stereocenters. The minimum absolute atomic E-state index is 1.11. The van der Waals surface area contributed by atoms with Crippen molar-refractivity contribution in [2.45, 2.75) is 0 Å². The van der Waals surface area contributed by atoms with Crippen molar-refractivity contribution in [3.63, 3.8) is 0 Å². The van der Waals surface area contributed by atoms with E-state index in [9.17, 15) is 0 Å². The first kappa shape index (κ1) is 33.6. The van der Waals surface area contributed by atoms with Gasteiger partial charge in [0.1, 0.15) is 0 Å². The molecule has 10 aromatic carbocycles. The highest BCUT2D eigenvalue weighted by Gasteiger charge is 2.25. The molecule has 0 unspecified atom stereocenters. The summed E-state index contributed by atoms with van der Waals surface area (Å²) in [5, 5.41) is 7.33. The van der Waals surface area contributed by atoms with Gasteiger partial charge in [-0.15, -0.1) is 0 Å². The van der Waals surface area contributed by atoms with Crippen molar-refractivity contribution in [2.75, 3.05) is 4.90 Å². The molecule has 0 bridgehead atoms. The third kappa shape index (κ3) is 5.57. The van der Waals surface area contributed by atoms with Crippen molar-refractivity contribution in [3.05, 3.63) is 231 Å². The second-order valence-electron chi connectivity index (χ2n) is 14.9. The van der Waals surface area contributed by atoms with E-state index < -0.39 is 0 Å². The summed E-state index contributed by atoms with van der Waals surface area (Å²) in [7, 11) is 0. The van der Waals surface area contributed by atoms with Gasteiger partial charge in [0.25, 0.3) is 0 Å². The Kier molecular flexibility index (Phi) is 8.19.